The molecule has 0 spiro atoms. The largest absolute Gasteiger partial charge is 0.353 e. The summed E-state index contributed by atoms with van der Waals surface area (Å²) >= 11 is 5.60. The second-order valence-corrected chi connectivity index (χ2v) is 6.81. The molecule has 0 atom stereocenters. The predicted molar refractivity (Wildman–Crippen MR) is 74.8 cm³/mol. The van der Waals surface area contributed by atoms with Gasteiger partial charge < -0.3 is 5.32 Å². The zero-order valence-electron chi connectivity index (χ0n) is 10.8. The molecule has 6 nitrogen and oxygen atoms in total. The first kappa shape index (κ1) is 15.2. The maximum atomic E-state index is 11.9. The highest BCUT2D eigenvalue weighted by Gasteiger charge is 2.22. The average Bonchev–Trinajstić information content (AvgIpc) is 3.19. The summed E-state index contributed by atoms with van der Waals surface area (Å²) in [5.41, 5.74) is 0. The fourth-order valence-corrected chi connectivity index (χ4v) is 2.72. The van der Waals surface area contributed by atoms with Crippen LogP contribution in [0.25, 0.3) is 0 Å². The van der Waals surface area contributed by atoms with E-state index in [1.165, 1.54) is 18.3 Å². The van der Waals surface area contributed by atoms with Gasteiger partial charge >= 0.3 is 0 Å². The second-order valence-electron chi connectivity index (χ2n) is 4.66. The quantitative estimate of drug-likeness (QED) is 0.581. The van der Waals surface area contributed by atoms with Gasteiger partial charge in [0.05, 0.1) is 0 Å². The summed E-state index contributed by atoms with van der Waals surface area (Å²) in [6.07, 6.45) is 4.06. The highest BCUT2D eigenvalue weighted by atomic mass is 35.5. The van der Waals surface area contributed by atoms with E-state index in [-0.39, 0.29) is 22.5 Å². The fraction of sp³-hybridized carbons (Fsp3) is 0.500. The molecule has 0 saturated heterocycles. The summed E-state index contributed by atoms with van der Waals surface area (Å²) in [4.78, 5) is 15.2. The average molecular weight is 318 g/mol. The van der Waals surface area contributed by atoms with Crippen LogP contribution in [0.15, 0.2) is 23.2 Å². The SMILES string of the molecule is O=C(CCCNS(=O)(=O)c1ccc(Cl)nc1)NC1CC1. The number of carbonyl (C=O) groups excluding carboxylic acids is 1. The van der Waals surface area contributed by atoms with Crippen molar-refractivity contribution >= 4 is 27.5 Å². The Kier molecular flexibility index (Phi) is 4.95. The third kappa shape index (κ3) is 4.73. The Balaban J connectivity index is 1.74. The summed E-state index contributed by atoms with van der Waals surface area (Å²) in [5.74, 6) is -0.0279. The summed E-state index contributed by atoms with van der Waals surface area (Å²) in [6.45, 7) is 0.211. The zero-order chi connectivity index (χ0) is 14.6. The smallest absolute Gasteiger partial charge is 0.242 e. The number of hydrogen-bond donors (Lipinski definition) is 2. The molecule has 1 saturated carbocycles. The van der Waals surface area contributed by atoms with Crippen molar-refractivity contribution in [1.29, 1.82) is 0 Å². The normalized spacial score (nSPS) is 15.1. The van der Waals surface area contributed by atoms with Gasteiger partial charge in [0.1, 0.15) is 10.0 Å². The summed E-state index contributed by atoms with van der Waals surface area (Å²) < 4.78 is 26.2. The minimum Gasteiger partial charge on any atom is -0.353 e. The Bertz CT molecular complexity index is 570. The monoisotopic (exact) mass is 317 g/mol. The molecular weight excluding hydrogens is 302 g/mol. The van der Waals surface area contributed by atoms with Gasteiger partial charge in [-0.15, -0.1) is 0 Å². The van der Waals surface area contributed by atoms with Crippen molar-refractivity contribution in [3.8, 4) is 0 Å². The number of aromatic nitrogens is 1. The molecule has 110 valence electrons. The van der Waals surface area contributed by atoms with Crippen molar-refractivity contribution in [2.24, 2.45) is 0 Å². The van der Waals surface area contributed by atoms with Crippen molar-refractivity contribution < 1.29 is 13.2 Å². The molecule has 1 amide bonds. The molecule has 1 aliphatic rings. The van der Waals surface area contributed by atoms with Gasteiger partial charge in [0.2, 0.25) is 15.9 Å². The van der Waals surface area contributed by atoms with E-state index in [4.69, 9.17) is 11.6 Å². The van der Waals surface area contributed by atoms with Crippen molar-refractivity contribution in [3.05, 3.63) is 23.5 Å². The number of pyridine rings is 1. The van der Waals surface area contributed by atoms with Crippen LogP contribution < -0.4 is 10.0 Å². The molecule has 0 bridgehead atoms. The van der Waals surface area contributed by atoms with Crippen LogP contribution in [-0.2, 0) is 14.8 Å². The van der Waals surface area contributed by atoms with Crippen LogP contribution in [0.1, 0.15) is 25.7 Å². The van der Waals surface area contributed by atoms with Crippen molar-refractivity contribution in [2.75, 3.05) is 6.54 Å². The zero-order valence-corrected chi connectivity index (χ0v) is 12.4. The van der Waals surface area contributed by atoms with E-state index < -0.39 is 10.0 Å². The van der Waals surface area contributed by atoms with E-state index in [1.54, 1.807) is 0 Å². The fourth-order valence-electron chi connectivity index (χ4n) is 1.59. The van der Waals surface area contributed by atoms with E-state index in [9.17, 15) is 13.2 Å². The topological polar surface area (TPSA) is 88.2 Å². The van der Waals surface area contributed by atoms with Gasteiger partial charge in [-0.1, -0.05) is 11.6 Å². The van der Waals surface area contributed by atoms with E-state index in [2.05, 4.69) is 15.0 Å². The summed E-state index contributed by atoms with van der Waals surface area (Å²) in [5, 5.41) is 3.09. The highest BCUT2D eigenvalue weighted by Crippen LogP contribution is 2.18. The maximum absolute atomic E-state index is 11.9. The van der Waals surface area contributed by atoms with E-state index >= 15 is 0 Å². The van der Waals surface area contributed by atoms with Crippen LogP contribution in [0.3, 0.4) is 0 Å². The molecule has 20 heavy (non-hydrogen) atoms. The number of halogens is 1. The number of sulfonamides is 1. The van der Waals surface area contributed by atoms with E-state index in [0.29, 0.717) is 18.9 Å². The van der Waals surface area contributed by atoms with Crippen LogP contribution in [0.5, 0.6) is 0 Å². The number of nitrogens with zero attached hydrogens (tertiary/aromatic N) is 1. The molecule has 1 aromatic rings. The molecule has 0 aliphatic heterocycles. The Labute approximate surface area is 123 Å². The predicted octanol–water partition coefficient (Wildman–Crippen LogP) is 1.07. The highest BCUT2D eigenvalue weighted by molar-refractivity contribution is 7.89. The van der Waals surface area contributed by atoms with Crippen LogP contribution in [0.2, 0.25) is 5.15 Å². The van der Waals surface area contributed by atoms with Crippen LogP contribution in [-0.4, -0.2) is 31.9 Å². The van der Waals surface area contributed by atoms with E-state index in [0.717, 1.165) is 12.8 Å². The first-order valence-corrected chi connectivity index (χ1v) is 8.24. The summed E-state index contributed by atoms with van der Waals surface area (Å²) in [7, 11) is -3.59. The lowest BCUT2D eigenvalue weighted by atomic mass is 10.3. The molecule has 0 unspecified atom stereocenters. The molecule has 1 heterocycles. The third-order valence-electron chi connectivity index (χ3n) is 2.83. The molecule has 1 fully saturated rings. The molecule has 0 aromatic carbocycles. The van der Waals surface area contributed by atoms with Gasteiger partial charge in [-0.25, -0.2) is 18.1 Å². The van der Waals surface area contributed by atoms with Crippen molar-refractivity contribution in [3.63, 3.8) is 0 Å². The second kappa shape index (κ2) is 6.51. The molecular formula is C12H16ClN3O3S. The number of hydrogen-bond acceptors (Lipinski definition) is 4. The lowest BCUT2D eigenvalue weighted by Crippen LogP contribution is -2.28. The Hall–Kier alpha value is -1.18. The molecule has 0 radical (unpaired) electrons. The lowest BCUT2D eigenvalue weighted by Gasteiger charge is -2.06. The van der Waals surface area contributed by atoms with Gasteiger partial charge in [0.15, 0.2) is 0 Å². The van der Waals surface area contributed by atoms with Crippen LogP contribution in [0, 0.1) is 0 Å². The standard InChI is InChI=1S/C12H16ClN3O3S/c13-11-6-5-10(8-14-11)20(18,19)15-7-1-2-12(17)16-9-3-4-9/h5-6,8-9,15H,1-4,7H2,(H,16,17). The number of rotatable bonds is 7. The van der Waals surface area contributed by atoms with Crippen molar-refractivity contribution in [1.82, 2.24) is 15.0 Å². The minimum atomic E-state index is -3.59. The molecule has 1 aromatic heterocycles. The Morgan fingerprint density at radius 3 is 2.75 bits per heavy atom. The maximum Gasteiger partial charge on any atom is 0.242 e. The molecule has 1 aliphatic carbocycles. The van der Waals surface area contributed by atoms with Crippen LogP contribution >= 0.6 is 11.6 Å². The van der Waals surface area contributed by atoms with Crippen molar-refractivity contribution in [2.45, 2.75) is 36.6 Å². The molecule has 2 rings (SSSR count). The molecule has 8 heteroatoms. The van der Waals surface area contributed by atoms with Gasteiger partial charge in [-0.2, -0.15) is 0 Å². The van der Waals surface area contributed by atoms with Crippen LogP contribution in [0.4, 0.5) is 0 Å². The van der Waals surface area contributed by atoms with E-state index in [1.807, 2.05) is 0 Å². The minimum absolute atomic E-state index is 0.0279. The molecule has 2 N–H and O–H groups in total. The number of carbonyl (C=O) groups is 1. The number of nitrogens with one attached hydrogen (secondary N) is 2. The Morgan fingerprint density at radius 2 is 2.15 bits per heavy atom. The third-order valence-corrected chi connectivity index (χ3v) is 4.50. The number of amides is 1. The Morgan fingerprint density at radius 1 is 1.40 bits per heavy atom. The lowest BCUT2D eigenvalue weighted by molar-refractivity contribution is -0.121. The first-order valence-electron chi connectivity index (χ1n) is 6.38. The van der Waals surface area contributed by atoms with Gasteiger partial charge in [0.25, 0.3) is 0 Å². The van der Waals surface area contributed by atoms with Gasteiger partial charge in [0, 0.05) is 25.2 Å². The first-order chi connectivity index (χ1) is 9.47. The summed E-state index contributed by atoms with van der Waals surface area (Å²) in [6, 6.07) is 3.13. The van der Waals surface area contributed by atoms with Gasteiger partial charge in [-0.05, 0) is 31.4 Å². The van der Waals surface area contributed by atoms with Gasteiger partial charge in [-0.3, -0.25) is 4.79 Å².